The number of rotatable bonds is 3. The van der Waals surface area contributed by atoms with Crippen molar-refractivity contribution in [2.45, 2.75) is 31.7 Å². The minimum Gasteiger partial charge on any atom is -0.313 e. The molecule has 2 aliphatic rings. The Morgan fingerprint density at radius 2 is 1.68 bits per heavy atom. The zero-order valence-electron chi connectivity index (χ0n) is 10.9. The third-order valence-electron chi connectivity index (χ3n) is 4.82. The van der Waals surface area contributed by atoms with Crippen LogP contribution in [-0.4, -0.2) is 7.05 Å². The Hall–Kier alpha value is -1.03. The highest BCUT2D eigenvalue weighted by Crippen LogP contribution is 2.60. The van der Waals surface area contributed by atoms with Crippen molar-refractivity contribution in [2.24, 2.45) is 17.8 Å². The minimum absolute atomic E-state index is 0.205. The molecule has 3 rings (SSSR count). The highest BCUT2D eigenvalue weighted by Gasteiger charge is 2.54. The second-order valence-electron chi connectivity index (χ2n) is 5.72. The van der Waals surface area contributed by atoms with E-state index >= 15 is 0 Å². The van der Waals surface area contributed by atoms with Crippen molar-refractivity contribution in [2.75, 3.05) is 7.05 Å². The third-order valence-corrected chi connectivity index (χ3v) is 4.82. The first-order valence-corrected chi connectivity index (χ1v) is 6.95. The van der Waals surface area contributed by atoms with Crippen molar-refractivity contribution in [3.8, 4) is 0 Å². The predicted octanol–water partition coefficient (Wildman–Crippen LogP) is 3.80. The SMILES string of the molecule is CNC(c1ccc(F)c(F)c1F)C1C2CCCCC21. The van der Waals surface area contributed by atoms with Crippen LogP contribution in [0.25, 0.3) is 0 Å². The van der Waals surface area contributed by atoms with Crippen LogP contribution in [0.3, 0.4) is 0 Å². The topological polar surface area (TPSA) is 12.0 Å². The van der Waals surface area contributed by atoms with Crippen LogP contribution < -0.4 is 5.32 Å². The molecule has 0 bridgehead atoms. The summed E-state index contributed by atoms with van der Waals surface area (Å²) in [7, 11) is 1.76. The second kappa shape index (κ2) is 4.82. The standard InChI is InChI=1S/C15H18F3N/c1-19-15(12-8-4-2-3-5-9(8)12)10-6-7-11(16)14(18)13(10)17/h6-9,12,15,19H,2-5H2,1H3. The Labute approximate surface area is 111 Å². The predicted molar refractivity (Wildman–Crippen MR) is 67.1 cm³/mol. The van der Waals surface area contributed by atoms with Crippen LogP contribution in [0.4, 0.5) is 13.2 Å². The normalized spacial score (nSPS) is 30.8. The Morgan fingerprint density at radius 1 is 1.05 bits per heavy atom. The maximum absolute atomic E-state index is 13.9. The van der Waals surface area contributed by atoms with E-state index in [1.54, 1.807) is 7.05 Å². The van der Waals surface area contributed by atoms with Gasteiger partial charge in [0.2, 0.25) is 0 Å². The Balaban J connectivity index is 1.89. The number of hydrogen-bond donors (Lipinski definition) is 1. The molecule has 0 spiro atoms. The lowest BCUT2D eigenvalue weighted by Crippen LogP contribution is -2.21. The van der Waals surface area contributed by atoms with Crippen LogP contribution in [-0.2, 0) is 0 Å². The summed E-state index contributed by atoms with van der Waals surface area (Å²) in [5.41, 5.74) is 0.265. The van der Waals surface area contributed by atoms with Crippen LogP contribution in [0.5, 0.6) is 0 Å². The molecule has 1 aromatic rings. The summed E-state index contributed by atoms with van der Waals surface area (Å²) in [4.78, 5) is 0. The number of benzene rings is 1. The van der Waals surface area contributed by atoms with Gasteiger partial charge < -0.3 is 5.32 Å². The van der Waals surface area contributed by atoms with E-state index in [2.05, 4.69) is 5.32 Å². The first kappa shape index (κ1) is 13.0. The van der Waals surface area contributed by atoms with Crippen molar-refractivity contribution < 1.29 is 13.2 Å². The summed E-state index contributed by atoms with van der Waals surface area (Å²) in [6.45, 7) is 0. The lowest BCUT2D eigenvalue weighted by atomic mass is 9.99. The molecule has 4 heteroatoms. The van der Waals surface area contributed by atoms with Gasteiger partial charge in [-0.3, -0.25) is 0 Å². The highest BCUT2D eigenvalue weighted by atomic mass is 19.2. The molecule has 0 radical (unpaired) electrons. The molecule has 0 amide bonds. The Morgan fingerprint density at radius 3 is 2.26 bits per heavy atom. The molecule has 0 aromatic heterocycles. The van der Waals surface area contributed by atoms with Crippen molar-refractivity contribution in [3.63, 3.8) is 0 Å². The zero-order chi connectivity index (χ0) is 13.6. The van der Waals surface area contributed by atoms with Crippen LogP contribution in [0.15, 0.2) is 12.1 Å². The molecule has 3 unspecified atom stereocenters. The molecule has 1 N–H and O–H groups in total. The molecule has 0 saturated heterocycles. The third kappa shape index (κ3) is 2.06. The summed E-state index contributed by atoms with van der Waals surface area (Å²) in [6, 6.07) is 2.19. The van der Waals surface area contributed by atoms with Crippen LogP contribution in [0, 0.1) is 35.2 Å². The van der Waals surface area contributed by atoms with Gasteiger partial charge in [-0.2, -0.15) is 0 Å². The van der Waals surface area contributed by atoms with Gasteiger partial charge in [0, 0.05) is 11.6 Å². The monoisotopic (exact) mass is 269 g/mol. The molecule has 0 aliphatic heterocycles. The molecular weight excluding hydrogens is 251 g/mol. The largest absolute Gasteiger partial charge is 0.313 e. The fourth-order valence-corrected chi connectivity index (χ4v) is 3.88. The van der Waals surface area contributed by atoms with E-state index in [0.29, 0.717) is 17.8 Å². The van der Waals surface area contributed by atoms with Gasteiger partial charge in [0.25, 0.3) is 0 Å². The van der Waals surface area contributed by atoms with Gasteiger partial charge in [-0.25, -0.2) is 13.2 Å². The lowest BCUT2D eigenvalue weighted by molar-refractivity contribution is 0.410. The fourth-order valence-electron chi connectivity index (χ4n) is 3.88. The summed E-state index contributed by atoms with van der Waals surface area (Å²) in [5, 5.41) is 3.10. The Bertz CT molecular complexity index is 477. The minimum atomic E-state index is -1.36. The number of fused-ring (bicyclic) bond motifs is 1. The average Bonchev–Trinajstić information content (AvgIpc) is 3.14. The molecule has 2 fully saturated rings. The summed E-state index contributed by atoms with van der Waals surface area (Å²) in [6.07, 6.45) is 4.82. The van der Waals surface area contributed by atoms with E-state index < -0.39 is 17.5 Å². The number of halogens is 3. The van der Waals surface area contributed by atoms with Crippen LogP contribution in [0.1, 0.15) is 37.3 Å². The molecule has 3 atom stereocenters. The van der Waals surface area contributed by atoms with Crippen molar-refractivity contribution in [3.05, 3.63) is 35.1 Å². The van der Waals surface area contributed by atoms with Gasteiger partial charge in [0.05, 0.1) is 0 Å². The molecular formula is C15H18F3N. The van der Waals surface area contributed by atoms with E-state index in [0.717, 1.165) is 6.07 Å². The fraction of sp³-hybridized carbons (Fsp3) is 0.600. The van der Waals surface area contributed by atoms with Crippen LogP contribution >= 0.6 is 0 Å². The van der Waals surface area contributed by atoms with Crippen molar-refractivity contribution >= 4 is 0 Å². The average molecular weight is 269 g/mol. The van der Waals surface area contributed by atoms with Gasteiger partial charge in [-0.1, -0.05) is 18.9 Å². The zero-order valence-corrected chi connectivity index (χ0v) is 10.9. The second-order valence-corrected chi connectivity index (χ2v) is 5.72. The van der Waals surface area contributed by atoms with Gasteiger partial charge in [0.15, 0.2) is 17.5 Å². The summed E-state index contributed by atoms with van der Waals surface area (Å²) in [5.74, 6) is -1.90. The smallest absolute Gasteiger partial charge is 0.194 e. The van der Waals surface area contributed by atoms with Gasteiger partial charge in [-0.05, 0) is 43.7 Å². The molecule has 2 saturated carbocycles. The number of hydrogen-bond acceptors (Lipinski definition) is 1. The lowest BCUT2D eigenvalue weighted by Gasteiger charge is -2.18. The first-order chi connectivity index (χ1) is 9.15. The van der Waals surface area contributed by atoms with E-state index in [-0.39, 0.29) is 11.6 Å². The first-order valence-electron chi connectivity index (χ1n) is 6.95. The number of nitrogens with one attached hydrogen (secondary N) is 1. The van der Waals surface area contributed by atoms with Crippen LogP contribution in [0.2, 0.25) is 0 Å². The van der Waals surface area contributed by atoms with Gasteiger partial charge in [-0.15, -0.1) is 0 Å². The van der Waals surface area contributed by atoms with E-state index in [1.807, 2.05) is 0 Å². The molecule has 0 heterocycles. The maximum Gasteiger partial charge on any atom is 0.194 e. The summed E-state index contributed by atoms with van der Waals surface area (Å²) >= 11 is 0. The maximum atomic E-state index is 13.9. The molecule has 2 aliphatic carbocycles. The summed E-state index contributed by atoms with van der Waals surface area (Å²) < 4.78 is 40.3. The quantitative estimate of drug-likeness (QED) is 0.823. The Kier molecular flexibility index (Phi) is 3.29. The molecule has 19 heavy (non-hydrogen) atoms. The van der Waals surface area contributed by atoms with E-state index in [4.69, 9.17) is 0 Å². The van der Waals surface area contributed by atoms with Crippen molar-refractivity contribution in [1.29, 1.82) is 0 Å². The molecule has 104 valence electrons. The molecule has 1 nitrogen and oxygen atoms in total. The highest BCUT2D eigenvalue weighted by molar-refractivity contribution is 5.27. The van der Waals surface area contributed by atoms with Gasteiger partial charge >= 0.3 is 0 Å². The van der Waals surface area contributed by atoms with Gasteiger partial charge in [0.1, 0.15) is 0 Å². The van der Waals surface area contributed by atoms with Crippen molar-refractivity contribution in [1.82, 2.24) is 5.32 Å². The molecule has 1 aromatic carbocycles. The van der Waals surface area contributed by atoms with E-state index in [9.17, 15) is 13.2 Å². The van der Waals surface area contributed by atoms with E-state index in [1.165, 1.54) is 31.7 Å².